The number of rotatable bonds is 9. The summed E-state index contributed by atoms with van der Waals surface area (Å²) >= 11 is 0. The number of hydrogen-bond donors (Lipinski definition) is 1. The van der Waals surface area contributed by atoms with Gasteiger partial charge in [0.05, 0.1) is 17.5 Å². The molecule has 0 atom stereocenters. The Morgan fingerprint density at radius 2 is 1.61 bits per heavy atom. The highest BCUT2D eigenvalue weighted by Crippen LogP contribution is 2.43. The topological polar surface area (TPSA) is 97.5 Å². The Morgan fingerprint density at radius 3 is 2.24 bits per heavy atom. The zero-order valence-corrected chi connectivity index (χ0v) is 24.0. The van der Waals surface area contributed by atoms with E-state index in [0.717, 1.165) is 36.6 Å². The molecular formula is C32H26F6N4O4. The van der Waals surface area contributed by atoms with Gasteiger partial charge in [0.25, 0.3) is 0 Å². The van der Waals surface area contributed by atoms with E-state index in [1.807, 2.05) is 17.0 Å². The van der Waals surface area contributed by atoms with E-state index in [4.69, 9.17) is 4.74 Å². The van der Waals surface area contributed by atoms with Crippen LogP contribution in [0.4, 0.5) is 26.3 Å². The second-order valence-electron chi connectivity index (χ2n) is 11.4. The van der Waals surface area contributed by atoms with Gasteiger partial charge in [-0.05, 0) is 54.2 Å². The molecule has 1 amide bonds. The first-order chi connectivity index (χ1) is 21.8. The Morgan fingerprint density at radius 1 is 0.913 bits per heavy atom. The average molecular weight is 645 g/mol. The number of benzene rings is 2. The number of pyridine rings is 1. The number of para-hydroxylation sites is 1. The number of carboxylic acid groups (broad SMARTS) is 1. The van der Waals surface area contributed by atoms with Crippen LogP contribution in [0.3, 0.4) is 0 Å². The lowest BCUT2D eigenvalue weighted by molar-refractivity contribution is -0.143. The van der Waals surface area contributed by atoms with Gasteiger partial charge in [0.2, 0.25) is 5.91 Å². The van der Waals surface area contributed by atoms with Crippen molar-refractivity contribution in [3.05, 3.63) is 94.8 Å². The summed E-state index contributed by atoms with van der Waals surface area (Å²) in [6.07, 6.45) is -6.62. The molecule has 0 bridgehead atoms. The summed E-state index contributed by atoms with van der Waals surface area (Å²) in [5.41, 5.74) is -2.53. The molecule has 0 spiro atoms. The fraction of sp³-hybridized carbons (Fsp3) is 0.312. The summed E-state index contributed by atoms with van der Waals surface area (Å²) in [5, 5.41) is 12.8. The summed E-state index contributed by atoms with van der Waals surface area (Å²) in [7, 11) is 0. The molecule has 1 N–H and O–H groups in total. The lowest BCUT2D eigenvalue weighted by Gasteiger charge is -2.39. The van der Waals surface area contributed by atoms with Crippen molar-refractivity contribution in [3.63, 3.8) is 0 Å². The molecule has 2 fully saturated rings. The number of ether oxygens (including phenoxy) is 1. The highest BCUT2D eigenvalue weighted by Gasteiger charge is 2.41. The Kier molecular flexibility index (Phi) is 7.99. The predicted octanol–water partition coefficient (Wildman–Crippen LogP) is 6.98. The van der Waals surface area contributed by atoms with E-state index in [1.165, 1.54) is 18.2 Å². The molecular weight excluding hydrogens is 618 g/mol. The summed E-state index contributed by atoms with van der Waals surface area (Å²) in [4.78, 5) is 29.6. The van der Waals surface area contributed by atoms with Gasteiger partial charge in [-0.1, -0.05) is 36.4 Å². The minimum Gasteiger partial charge on any atom is -0.488 e. The number of hydrogen-bond acceptors (Lipinski definition) is 5. The summed E-state index contributed by atoms with van der Waals surface area (Å²) < 4.78 is 89.7. The van der Waals surface area contributed by atoms with Crippen molar-refractivity contribution in [1.82, 2.24) is 19.7 Å². The van der Waals surface area contributed by atoms with Crippen LogP contribution in [0.2, 0.25) is 0 Å². The van der Waals surface area contributed by atoms with E-state index in [1.54, 1.807) is 12.1 Å². The first-order valence-corrected chi connectivity index (χ1v) is 14.4. The van der Waals surface area contributed by atoms with Gasteiger partial charge in [-0.3, -0.25) is 4.79 Å². The molecule has 6 rings (SSSR count). The van der Waals surface area contributed by atoms with Gasteiger partial charge in [-0.2, -0.15) is 31.4 Å². The molecule has 4 aromatic rings. The Balaban J connectivity index is 1.24. The fourth-order valence-corrected chi connectivity index (χ4v) is 5.39. The molecule has 2 aromatic heterocycles. The SMILES string of the molecule is O=C(O)c1cnn(-c2cccc(-c3cccc(C(F)(F)F)c3OCc3ccc(C4CN(C(=O)CC5CC5)C4)cc3)n2)c1C(F)(F)F. The Hall–Kier alpha value is -4.88. The predicted molar refractivity (Wildman–Crippen MR) is 151 cm³/mol. The molecule has 14 heteroatoms. The van der Waals surface area contributed by atoms with E-state index in [0.29, 0.717) is 37.2 Å². The van der Waals surface area contributed by atoms with Crippen molar-refractivity contribution >= 4 is 11.9 Å². The molecule has 1 saturated heterocycles. The van der Waals surface area contributed by atoms with Gasteiger partial charge in [0.1, 0.15) is 17.9 Å². The van der Waals surface area contributed by atoms with Gasteiger partial charge >= 0.3 is 18.3 Å². The smallest absolute Gasteiger partial charge is 0.434 e. The van der Waals surface area contributed by atoms with Crippen LogP contribution in [0, 0.1) is 5.92 Å². The van der Waals surface area contributed by atoms with Crippen LogP contribution in [0.25, 0.3) is 17.1 Å². The van der Waals surface area contributed by atoms with Gasteiger partial charge < -0.3 is 14.7 Å². The summed E-state index contributed by atoms with van der Waals surface area (Å²) in [6, 6.07) is 14.1. The van der Waals surface area contributed by atoms with Crippen LogP contribution >= 0.6 is 0 Å². The average Bonchev–Trinajstić information content (AvgIpc) is 3.66. The molecule has 240 valence electrons. The molecule has 3 heterocycles. The second kappa shape index (κ2) is 11.8. The second-order valence-corrected chi connectivity index (χ2v) is 11.4. The van der Waals surface area contributed by atoms with Crippen LogP contribution < -0.4 is 4.74 Å². The zero-order valence-electron chi connectivity index (χ0n) is 24.0. The maximum Gasteiger partial charge on any atom is 0.434 e. The molecule has 1 aliphatic carbocycles. The number of carboxylic acids is 1. The van der Waals surface area contributed by atoms with Crippen LogP contribution in [0.15, 0.2) is 66.9 Å². The molecule has 1 saturated carbocycles. The van der Waals surface area contributed by atoms with E-state index in [-0.39, 0.29) is 34.4 Å². The van der Waals surface area contributed by atoms with Crippen molar-refractivity contribution in [1.29, 1.82) is 0 Å². The molecule has 0 radical (unpaired) electrons. The number of alkyl halides is 6. The minimum absolute atomic E-state index is 0.141. The van der Waals surface area contributed by atoms with Crippen LogP contribution in [0.1, 0.15) is 57.9 Å². The van der Waals surface area contributed by atoms with Gasteiger partial charge in [-0.15, -0.1) is 0 Å². The normalized spacial score (nSPS) is 15.5. The van der Waals surface area contributed by atoms with Crippen LogP contribution in [0.5, 0.6) is 5.75 Å². The maximum atomic E-state index is 14.1. The lowest BCUT2D eigenvalue weighted by atomic mass is 9.90. The third-order valence-electron chi connectivity index (χ3n) is 8.04. The summed E-state index contributed by atoms with van der Waals surface area (Å²) in [5.74, 6) is -2.04. The van der Waals surface area contributed by atoms with E-state index >= 15 is 0 Å². The number of likely N-dealkylation sites (tertiary alicyclic amines) is 1. The molecule has 0 unspecified atom stereocenters. The number of carbonyl (C=O) groups excluding carboxylic acids is 1. The largest absolute Gasteiger partial charge is 0.488 e. The third kappa shape index (κ3) is 6.42. The number of halogens is 6. The van der Waals surface area contributed by atoms with Crippen molar-refractivity contribution in [2.45, 2.75) is 44.1 Å². The quantitative estimate of drug-likeness (QED) is 0.198. The Bertz CT molecular complexity index is 1770. The van der Waals surface area contributed by atoms with E-state index < -0.39 is 46.7 Å². The van der Waals surface area contributed by atoms with E-state index in [2.05, 4.69) is 10.1 Å². The molecule has 1 aliphatic heterocycles. The van der Waals surface area contributed by atoms with Gasteiger partial charge in [-0.25, -0.2) is 14.5 Å². The monoisotopic (exact) mass is 644 g/mol. The number of aromatic nitrogens is 3. The molecule has 8 nitrogen and oxygen atoms in total. The number of amides is 1. The van der Waals surface area contributed by atoms with Gasteiger partial charge in [0, 0.05) is 31.0 Å². The molecule has 46 heavy (non-hydrogen) atoms. The lowest BCUT2D eigenvalue weighted by Crippen LogP contribution is -2.48. The van der Waals surface area contributed by atoms with Crippen molar-refractivity contribution < 1.29 is 45.8 Å². The standard InChI is InChI=1S/C32H26F6N4O4/c33-31(34,35)24-4-1-3-22(25-5-2-6-26(40-25)42-29(32(36,37)38)23(14-39-42)30(44)45)28(24)46-17-19-9-11-20(12-10-19)21-15-41(16-21)27(43)13-18-7-8-18/h1-6,9-12,14,18,21H,7-8,13,15-17H2,(H,44,45). The summed E-state index contributed by atoms with van der Waals surface area (Å²) in [6.45, 7) is 0.989. The number of carbonyl (C=O) groups is 2. The van der Waals surface area contributed by atoms with Crippen molar-refractivity contribution in [2.24, 2.45) is 5.92 Å². The van der Waals surface area contributed by atoms with Crippen molar-refractivity contribution in [2.75, 3.05) is 13.1 Å². The Labute approximate surface area is 258 Å². The molecule has 2 aromatic carbocycles. The zero-order chi connectivity index (χ0) is 32.8. The van der Waals surface area contributed by atoms with Crippen molar-refractivity contribution in [3.8, 4) is 22.8 Å². The maximum absolute atomic E-state index is 14.1. The van der Waals surface area contributed by atoms with Crippen LogP contribution in [-0.2, 0) is 23.8 Å². The van der Waals surface area contributed by atoms with E-state index in [9.17, 15) is 41.0 Å². The molecule has 2 aliphatic rings. The fourth-order valence-electron chi connectivity index (χ4n) is 5.39. The number of nitrogens with zero attached hydrogens (tertiary/aromatic N) is 4. The highest BCUT2D eigenvalue weighted by atomic mass is 19.4. The number of aromatic carboxylic acids is 1. The minimum atomic E-state index is -5.12. The van der Waals surface area contributed by atoms with Gasteiger partial charge in [0.15, 0.2) is 11.5 Å². The first-order valence-electron chi connectivity index (χ1n) is 14.4. The van der Waals surface area contributed by atoms with Crippen LogP contribution in [-0.4, -0.2) is 49.7 Å². The highest BCUT2D eigenvalue weighted by molar-refractivity contribution is 5.89. The first kappa shape index (κ1) is 31.1. The third-order valence-corrected chi connectivity index (χ3v) is 8.04.